The summed E-state index contributed by atoms with van der Waals surface area (Å²) >= 11 is 5.78. The maximum absolute atomic E-state index is 12.6. The first-order valence-corrected chi connectivity index (χ1v) is 8.52. The Balaban J connectivity index is 2.06. The van der Waals surface area contributed by atoms with Crippen LogP contribution < -0.4 is 10.1 Å². The lowest BCUT2D eigenvalue weighted by Gasteiger charge is -2.23. The number of carbonyl (C=O) groups excluding carboxylic acids is 2. The Morgan fingerprint density at radius 3 is 2.46 bits per heavy atom. The predicted octanol–water partition coefficient (Wildman–Crippen LogP) is 2.97. The Morgan fingerprint density at radius 1 is 1.23 bits per heavy atom. The summed E-state index contributed by atoms with van der Waals surface area (Å²) in [6, 6.07) is 10.4. The Hall–Kier alpha value is -2.60. The minimum atomic E-state index is -0.406. The fraction of sp³-hybridized carbons (Fsp3) is 0.316. The summed E-state index contributed by atoms with van der Waals surface area (Å²) in [4.78, 5) is 29.8. The Morgan fingerprint density at radius 2 is 1.92 bits per heavy atom. The van der Waals surface area contributed by atoms with Crippen LogP contribution in [-0.2, 0) is 16.1 Å². The molecule has 7 heteroatoms. The van der Waals surface area contributed by atoms with E-state index < -0.39 is 6.04 Å². The lowest BCUT2D eigenvalue weighted by molar-refractivity contribution is -0.131. The quantitative estimate of drug-likeness (QED) is 0.755. The molecule has 2 rings (SSSR count). The maximum atomic E-state index is 12.6. The summed E-state index contributed by atoms with van der Waals surface area (Å²) in [5.41, 5.74) is 1.72. The molecule has 26 heavy (non-hydrogen) atoms. The number of nitrogens with zero attached hydrogens (tertiary/aromatic N) is 2. The van der Waals surface area contributed by atoms with E-state index in [1.54, 1.807) is 43.5 Å². The van der Waals surface area contributed by atoms with Crippen molar-refractivity contribution in [2.45, 2.75) is 25.9 Å². The molecule has 0 aliphatic carbocycles. The van der Waals surface area contributed by atoms with Crippen molar-refractivity contribution >= 4 is 23.4 Å². The number of benzene rings is 1. The number of halogens is 1. The number of rotatable bonds is 7. The molecule has 1 aromatic heterocycles. The molecule has 2 aromatic rings. The highest BCUT2D eigenvalue weighted by atomic mass is 35.5. The second-order valence-corrected chi connectivity index (χ2v) is 6.36. The summed E-state index contributed by atoms with van der Waals surface area (Å²) in [6.45, 7) is 1.85. The second kappa shape index (κ2) is 9.20. The fourth-order valence-electron chi connectivity index (χ4n) is 2.53. The van der Waals surface area contributed by atoms with Gasteiger partial charge < -0.3 is 15.0 Å². The van der Waals surface area contributed by atoms with Crippen LogP contribution in [0.2, 0.25) is 5.15 Å². The van der Waals surface area contributed by atoms with Crippen LogP contribution in [-0.4, -0.2) is 35.9 Å². The molecule has 0 saturated heterocycles. The van der Waals surface area contributed by atoms with E-state index in [-0.39, 0.29) is 18.2 Å². The number of nitrogens with one attached hydrogen (secondary N) is 1. The van der Waals surface area contributed by atoms with Gasteiger partial charge in [0.2, 0.25) is 11.8 Å². The minimum Gasteiger partial charge on any atom is -0.497 e. The lowest BCUT2D eigenvalue weighted by Crippen LogP contribution is -2.33. The number of hydrogen-bond donors (Lipinski definition) is 1. The smallest absolute Gasteiger partial charge is 0.225 e. The second-order valence-electron chi connectivity index (χ2n) is 5.97. The molecule has 6 nitrogen and oxygen atoms in total. The number of pyridine rings is 1. The highest BCUT2D eigenvalue weighted by molar-refractivity contribution is 6.29. The molecule has 1 atom stereocenters. The molecule has 1 heterocycles. The van der Waals surface area contributed by atoms with Crippen LogP contribution in [0.15, 0.2) is 42.6 Å². The van der Waals surface area contributed by atoms with Gasteiger partial charge in [0.15, 0.2) is 0 Å². The molecule has 0 fully saturated rings. The van der Waals surface area contributed by atoms with Gasteiger partial charge in [0, 0.05) is 26.7 Å². The molecule has 138 valence electrons. The van der Waals surface area contributed by atoms with Gasteiger partial charge >= 0.3 is 0 Å². The summed E-state index contributed by atoms with van der Waals surface area (Å²) < 4.78 is 5.15. The van der Waals surface area contributed by atoms with Gasteiger partial charge in [-0.3, -0.25) is 9.59 Å². The number of aromatic nitrogens is 1. The van der Waals surface area contributed by atoms with Crippen LogP contribution in [0, 0.1) is 0 Å². The van der Waals surface area contributed by atoms with Gasteiger partial charge in [-0.1, -0.05) is 29.8 Å². The van der Waals surface area contributed by atoms with Crippen molar-refractivity contribution in [3.63, 3.8) is 0 Å². The average Bonchev–Trinajstić information content (AvgIpc) is 2.62. The van der Waals surface area contributed by atoms with Crippen molar-refractivity contribution in [1.29, 1.82) is 0 Å². The van der Waals surface area contributed by atoms with E-state index in [1.165, 1.54) is 6.92 Å². The zero-order valence-electron chi connectivity index (χ0n) is 15.0. The van der Waals surface area contributed by atoms with Crippen LogP contribution in [0.25, 0.3) is 0 Å². The van der Waals surface area contributed by atoms with E-state index in [0.29, 0.717) is 17.4 Å². The van der Waals surface area contributed by atoms with E-state index in [2.05, 4.69) is 10.3 Å². The highest BCUT2D eigenvalue weighted by Gasteiger charge is 2.20. The monoisotopic (exact) mass is 375 g/mol. The topological polar surface area (TPSA) is 71.5 Å². The van der Waals surface area contributed by atoms with Gasteiger partial charge in [-0.05, 0) is 29.3 Å². The van der Waals surface area contributed by atoms with Gasteiger partial charge in [0.05, 0.1) is 19.6 Å². The van der Waals surface area contributed by atoms with Crippen molar-refractivity contribution in [2.24, 2.45) is 0 Å². The molecule has 0 aliphatic heterocycles. The standard InChI is InChI=1S/C19H22ClN3O3/c1-13(24)22-17(15-5-7-16(26-3)8-6-15)10-19(25)23(2)12-14-4-9-18(20)21-11-14/h4-9,11,17H,10,12H2,1-3H3,(H,22,24). The largest absolute Gasteiger partial charge is 0.497 e. The summed E-state index contributed by atoms with van der Waals surface area (Å²) in [6.07, 6.45) is 1.80. The van der Waals surface area contributed by atoms with Crippen LogP contribution >= 0.6 is 11.6 Å². The van der Waals surface area contributed by atoms with E-state index in [4.69, 9.17) is 16.3 Å². The Kier molecular flexibility index (Phi) is 6.97. The van der Waals surface area contributed by atoms with Crippen molar-refractivity contribution in [3.05, 3.63) is 58.9 Å². The van der Waals surface area contributed by atoms with E-state index in [1.807, 2.05) is 18.2 Å². The highest BCUT2D eigenvalue weighted by Crippen LogP contribution is 2.21. The number of hydrogen-bond acceptors (Lipinski definition) is 4. The Bertz CT molecular complexity index is 748. The van der Waals surface area contributed by atoms with Crippen LogP contribution in [0.4, 0.5) is 0 Å². The average molecular weight is 376 g/mol. The van der Waals surface area contributed by atoms with E-state index in [9.17, 15) is 9.59 Å². The molecule has 1 unspecified atom stereocenters. The molecular weight excluding hydrogens is 354 g/mol. The molecule has 0 aliphatic rings. The third-order valence-electron chi connectivity index (χ3n) is 3.91. The molecule has 1 aromatic carbocycles. The van der Waals surface area contributed by atoms with Gasteiger partial charge in [0.1, 0.15) is 10.9 Å². The third-order valence-corrected chi connectivity index (χ3v) is 4.13. The van der Waals surface area contributed by atoms with Gasteiger partial charge in [-0.15, -0.1) is 0 Å². The molecule has 0 saturated carbocycles. The molecule has 0 bridgehead atoms. The SMILES string of the molecule is COc1ccc(C(CC(=O)N(C)Cc2ccc(Cl)nc2)NC(C)=O)cc1. The van der Waals surface area contributed by atoms with Crippen LogP contribution in [0.1, 0.15) is 30.5 Å². The van der Waals surface area contributed by atoms with E-state index >= 15 is 0 Å². The molecule has 0 radical (unpaired) electrons. The predicted molar refractivity (Wildman–Crippen MR) is 99.9 cm³/mol. The van der Waals surface area contributed by atoms with Gasteiger partial charge in [-0.2, -0.15) is 0 Å². The zero-order chi connectivity index (χ0) is 19.1. The van der Waals surface area contributed by atoms with Crippen molar-refractivity contribution < 1.29 is 14.3 Å². The molecule has 1 N–H and O–H groups in total. The molecular formula is C19H22ClN3O3. The Labute approximate surface area is 158 Å². The number of amides is 2. The first kappa shape index (κ1) is 19.7. The van der Waals surface area contributed by atoms with Crippen molar-refractivity contribution in [1.82, 2.24) is 15.2 Å². The zero-order valence-corrected chi connectivity index (χ0v) is 15.8. The number of carbonyl (C=O) groups is 2. The summed E-state index contributed by atoms with van der Waals surface area (Å²) in [5.74, 6) is 0.437. The third kappa shape index (κ3) is 5.74. The maximum Gasteiger partial charge on any atom is 0.225 e. The van der Waals surface area contributed by atoms with Crippen LogP contribution in [0.5, 0.6) is 5.75 Å². The first-order chi connectivity index (χ1) is 12.4. The normalized spacial score (nSPS) is 11.5. The van der Waals surface area contributed by atoms with Crippen molar-refractivity contribution in [3.8, 4) is 5.75 Å². The van der Waals surface area contributed by atoms with Crippen molar-refractivity contribution in [2.75, 3.05) is 14.2 Å². The minimum absolute atomic E-state index is 0.0884. The van der Waals surface area contributed by atoms with E-state index in [0.717, 1.165) is 11.1 Å². The summed E-state index contributed by atoms with van der Waals surface area (Å²) in [7, 11) is 3.31. The molecule has 0 spiro atoms. The summed E-state index contributed by atoms with van der Waals surface area (Å²) in [5, 5.41) is 3.24. The van der Waals surface area contributed by atoms with Gasteiger partial charge in [-0.25, -0.2) is 4.98 Å². The fourth-order valence-corrected chi connectivity index (χ4v) is 2.64. The molecule has 2 amide bonds. The first-order valence-electron chi connectivity index (χ1n) is 8.14. The van der Waals surface area contributed by atoms with Gasteiger partial charge in [0.25, 0.3) is 0 Å². The lowest BCUT2D eigenvalue weighted by atomic mass is 10.0. The number of methoxy groups -OCH3 is 1. The number of ether oxygens (including phenoxy) is 1. The van der Waals surface area contributed by atoms with Crippen LogP contribution in [0.3, 0.4) is 0 Å².